The molecule has 0 atom stereocenters. The van der Waals surface area contributed by atoms with Gasteiger partial charge in [0, 0.05) is 17.1 Å². The topological polar surface area (TPSA) is 3.24 Å². The Morgan fingerprint density at radius 3 is 1.31 bits per heavy atom. The van der Waals surface area contributed by atoms with Gasteiger partial charge >= 0.3 is 0 Å². The Balaban J connectivity index is 0.000000591. The van der Waals surface area contributed by atoms with E-state index in [1.165, 1.54) is 44.5 Å². The summed E-state index contributed by atoms with van der Waals surface area (Å²) < 4.78 is 0. The van der Waals surface area contributed by atoms with Gasteiger partial charge in [0.25, 0.3) is 0 Å². The van der Waals surface area contributed by atoms with Crippen molar-refractivity contribution in [3.05, 3.63) is 248 Å². The predicted molar refractivity (Wildman–Crippen MR) is 220 cm³/mol. The van der Waals surface area contributed by atoms with Crippen LogP contribution in [0.4, 0.5) is 17.1 Å². The summed E-state index contributed by atoms with van der Waals surface area (Å²) in [4.78, 5) is 2.34. The molecule has 0 saturated carbocycles. The van der Waals surface area contributed by atoms with E-state index >= 15 is 0 Å². The summed E-state index contributed by atoms with van der Waals surface area (Å²) in [7, 11) is 0. The number of hydrogen-bond donors (Lipinski definition) is 0. The second-order valence-electron chi connectivity index (χ2n) is 12.1. The molecule has 0 unspecified atom stereocenters. The number of hydrogen-bond acceptors (Lipinski definition) is 1. The summed E-state index contributed by atoms with van der Waals surface area (Å²) in [6, 6.07) is 68.0. The fourth-order valence-corrected chi connectivity index (χ4v) is 7.17. The molecule has 248 valence electrons. The third-order valence-corrected chi connectivity index (χ3v) is 9.29. The van der Waals surface area contributed by atoms with Crippen LogP contribution in [-0.4, -0.2) is 0 Å². The Morgan fingerprint density at radius 1 is 0.431 bits per heavy atom. The summed E-state index contributed by atoms with van der Waals surface area (Å²) in [5.74, 6) is 0. The molecule has 0 aliphatic heterocycles. The number of anilines is 3. The molecule has 1 aliphatic rings. The van der Waals surface area contributed by atoms with E-state index in [-0.39, 0.29) is 0 Å². The molecule has 0 aromatic heterocycles. The molecule has 1 aliphatic carbocycles. The van der Waals surface area contributed by atoms with Gasteiger partial charge in [0.15, 0.2) is 0 Å². The zero-order valence-electron chi connectivity index (χ0n) is 29.2. The Labute approximate surface area is 303 Å². The van der Waals surface area contributed by atoms with Crippen molar-refractivity contribution >= 4 is 17.1 Å². The Bertz CT molecular complexity index is 2130. The van der Waals surface area contributed by atoms with Gasteiger partial charge < -0.3 is 4.90 Å². The Morgan fingerprint density at radius 2 is 0.824 bits per heavy atom. The normalized spacial score (nSPS) is 11.9. The van der Waals surface area contributed by atoms with E-state index in [0.29, 0.717) is 0 Å². The summed E-state index contributed by atoms with van der Waals surface area (Å²) in [6.45, 7) is 11.4. The quantitative estimate of drug-likeness (QED) is 0.122. The molecule has 0 heterocycles. The molecule has 0 saturated heterocycles. The first-order valence-electron chi connectivity index (χ1n) is 17.4. The highest BCUT2D eigenvalue weighted by Gasteiger charge is 2.45. The fourth-order valence-electron chi connectivity index (χ4n) is 7.17. The molecule has 0 fully saturated rings. The van der Waals surface area contributed by atoms with E-state index in [4.69, 9.17) is 0 Å². The number of rotatable bonds is 7. The van der Waals surface area contributed by atoms with Crippen LogP contribution in [0.1, 0.15) is 29.2 Å². The number of fused-ring (bicyclic) bond motifs is 3. The highest BCUT2D eigenvalue weighted by atomic mass is 15.1. The van der Waals surface area contributed by atoms with Gasteiger partial charge in [-0.1, -0.05) is 176 Å². The van der Waals surface area contributed by atoms with Crippen LogP contribution in [0.5, 0.6) is 0 Å². The van der Waals surface area contributed by atoms with Crippen LogP contribution in [0.2, 0.25) is 0 Å². The summed E-state index contributed by atoms with van der Waals surface area (Å²) in [5, 5.41) is 0. The van der Waals surface area contributed by atoms with Crippen molar-refractivity contribution in [2.75, 3.05) is 4.90 Å². The van der Waals surface area contributed by atoms with Crippen LogP contribution in [0.25, 0.3) is 22.3 Å². The molecule has 1 nitrogen and oxygen atoms in total. The molecule has 7 aromatic carbocycles. The number of para-hydroxylation sites is 1. The zero-order valence-corrected chi connectivity index (χ0v) is 29.2. The van der Waals surface area contributed by atoms with Gasteiger partial charge in [-0.3, -0.25) is 0 Å². The van der Waals surface area contributed by atoms with Crippen molar-refractivity contribution < 1.29 is 0 Å². The lowest BCUT2D eigenvalue weighted by Crippen LogP contribution is -2.28. The highest BCUT2D eigenvalue weighted by Crippen LogP contribution is 2.56. The van der Waals surface area contributed by atoms with E-state index in [1.807, 2.05) is 19.1 Å². The van der Waals surface area contributed by atoms with Gasteiger partial charge in [-0.2, -0.15) is 0 Å². The minimum Gasteiger partial charge on any atom is -0.311 e. The maximum absolute atomic E-state index is 3.46. The van der Waals surface area contributed by atoms with E-state index < -0.39 is 5.41 Å². The lowest BCUT2D eigenvalue weighted by Gasteiger charge is -2.34. The molecule has 0 N–H and O–H groups in total. The van der Waals surface area contributed by atoms with E-state index in [9.17, 15) is 0 Å². The van der Waals surface area contributed by atoms with E-state index in [1.54, 1.807) is 6.08 Å². The summed E-state index contributed by atoms with van der Waals surface area (Å²) in [5.41, 5.74) is 13.2. The average molecular weight is 658 g/mol. The van der Waals surface area contributed by atoms with Crippen molar-refractivity contribution in [2.45, 2.75) is 12.3 Å². The van der Waals surface area contributed by atoms with E-state index in [2.05, 4.69) is 213 Å². The minimum absolute atomic E-state index is 0.401. The highest BCUT2D eigenvalue weighted by molar-refractivity contribution is 5.87. The first-order chi connectivity index (χ1) is 25.3. The Kier molecular flexibility index (Phi) is 11.0. The van der Waals surface area contributed by atoms with Crippen LogP contribution in [0.3, 0.4) is 0 Å². The molecule has 0 radical (unpaired) electrons. The first-order valence-corrected chi connectivity index (χ1v) is 17.4. The smallest absolute Gasteiger partial charge is 0.0713 e. The number of benzene rings is 7. The number of allylic oxidation sites excluding steroid dienone is 3. The maximum Gasteiger partial charge on any atom is 0.0713 e. The SMILES string of the molecule is C=C.C=C/C=C\C.c1ccc(-c2ccc(N(c3ccccc3)c3ccc(C4(c5ccccc5)c5ccccc5-c5ccccc54)cc3)cc2)cc1. The van der Waals surface area contributed by atoms with Gasteiger partial charge in [0.2, 0.25) is 0 Å². The van der Waals surface area contributed by atoms with Crippen LogP contribution in [0.15, 0.2) is 226 Å². The average Bonchev–Trinajstić information content (AvgIpc) is 3.52. The molecule has 0 amide bonds. The van der Waals surface area contributed by atoms with Crippen molar-refractivity contribution in [1.29, 1.82) is 0 Å². The first kappa shape index (κ1) is 34.4. The molecule has 7 aromatic rings. The fraction of sp³-hybridized carbons (Fsp3) is 0.0400. The van der Waals surface area contributed by atoms with Gasteiger partial charge in [-0.25, -0.2) is 0 Å². The molecular formula is C50H43N. The minimum atomic E-state index is -0.401. The molecule has 51 heavy (non-hydrogen) atoms. The summed E-state index contributed by atoms with van der Waals surface area (Å²) in [6.07, 6.45) is 5.58. The van der Waals surface area contributed by atoms with Crippen LogP contribution in [-0.2, 0) is 5.41 Å². The molecule has 0 bridgehead atoms. The standard InChI is InChI=1S/C43H31N.C5H8.C2H4/c1-4-14-32(15-5-1)33-24-28-37(29-25-33)44(36-18-8-3-9-19-36)38-30-26-35(27-31-38)43(34-16-6-2-7-17-34)41-22-12-10-20-39(41)40-21-11-13-23-42(40)43;1-3-5-4-2;1-2/h1-31H;3-5H,1H2,2H3;1-2H2/b;5-4-;. The molecule has 8 rings (SSSR count). The van der Waals surface area contributed by atoms with Crippen molar-refractivity contribution in [1.82, 2.24) is 0 Å². The summed E-state index contributed by atoms with van der Waals surface area (Å²) >= 11 is 0. The monoisotopic (exact) mass is 657 g/mol. The van der Waals surface area contributed by atoms with Crippen molar-refractivity contribution in [2.24, 2.45) is 0 Å². The zero-order chi connectivity index (χ0) is 35.5. The Hall–Kier alpha value is -6.44. The van der Waals surface area contributed by atoms with Gasteiger partial charge in [-0.05, 0) is 87.8 Å². The number of nitrogens with zero attached hydrogens (tertiary/aromatic N) is 1. The maximum atomic E-state index is 3.46. The lowest BCUT2D eigenvalue weighted by atomic mass is 9.68. The van der Waals surface area contributed by atoms with Crippen LogP contribution in [0, 0.1) is 0 Å². The van der Waals surface area contributed by atoms with Crippen molar-refractivity contribution in [3.63, 3.8) is 0 Å². The molecule has 1 heteroatoms. The third kappa shape index (κ3) is 6.75. The third-order valence-electron chi connectivity index (χ3n) is 9.29. The molecule has 0 spiro atoms. The van der Waals surface area contributed by atoms with Gasteiger partial charge in [0.1, 0.15) is 0 Å². The molecular weight excluding hydrogens is 615 g/mol. The predicted octanol–water partition coefficient (Wildman–Crippen LogP) is 13.7. The second-order valence-corrected chi connectivity index (χ2v) is 12.1. The van der Waals surface area contributed by atoms with E-state index in [0.717, 1.165) is 17.1 Å². The van der Waals surface area contributed by atoms with Crippen LogP contribution >= 0.6 is 0 Å². The largest absolute Gasteiger partial charge is 0.311 e. The second kappa shape index (κ2) is 16.3. The van der Waals surface area contributed by atoms with Gasteiger partial charge in [0.05, 0.1) is 5.41 Å². The lowest BCUT2D eigenvalue weighted by molar-refractivity contribution is 0.768. The van der Waals surface area contributed by atoms with Gasteiger partial charge in [-0.15, -0.1) is 13.2 Å². The van der Waals surface area contributed by atoms with Crippen molar-refractivity contribution in [3.8, 4) is 22.3 Å². The van der Waals surface area contributed by atoms with Crippen LogP contribution < -0.4 is 4.90 Å².